The van der Waals surface area contributed by atoms with Gasteiger partial charge >= 0.3 is 0 Å². The summed E-state index contributed by atoms with van der Waals surface area (Å²) in [5.41, 5.74) is 3.98. The highest BCUT2D eigenvalue weighted by molar-refractivity contribution is 7.80. The Kier molecular flexibility index (Phi) is 7.82. The normalized spacial score (nSPS) is 18.0. The molecular weight excluding hydrogens is 511 g/mol. The van der Waals surface area contributed by atoms with Crippen LogP contribution in [0.2, 0.25) is 0 Å². The van der Waals surface area contributed by atoms with E-state index in [0.29, 0.717) is 23.5 Å². The average molecular weight is 543 g/mol. The summed E-state index contributed by atoms with van der Waals surface area (Å²) in [6.45, 7) is 0. The van der Waals surface area contributed by atoms with E-state index >= 15 is 0 Å². The second-order valence-corrected chi connectivity index (χ2v) is 10.3. The minimum atomic E-state index is -0.692. The molecule has 1 aliphatic rings. The first-order valence-electron chi connectivity index (χ1n) is 13.0. The smallest absolute Gasteiger partial charge is 0.176 e. The third kappa shape index (κ3) is 5.60. The molecular formula is C32H31FN2O3S. The fourth-order valence-electron chi connectivity index (χ4n) is 5.40. The van der Waals surface area contributed by atoms with Gasteiger partial charge in [0.25, 0.3) is 0 Å². The fourth-order valence-corrected chi connectivity index (χ4v) is 5.76. The summed E-state index contributed by atoms with van der Waals surface area (Å²) in [7, 11) is 1.97. The Bertz CT molecular complexity index is 1450. The van der Waals surface area contributed by atoms with Crippen molar-refractivity contribution >= 4 is 23.0 Å². The van der Waals surface area contributed by atoms with Crippen LogP contribution in [0.5, 0.6) is 11.5 Å². The van der Waals surface area contributed by atoms with Crippen LogP contribution in [0, 0.1) is 5.82 Å². The van der Waals surface area contributed by atoms with Gasteiger partial charge in [-0.05, 0) is 90.6 Å². The fraction of sp³-hybridized carbons (Fsp3) is 0.219. The monoisotopic (exact) mass is 542 g/mol. The second kappa shape index (κ2) is 11.4. The number of rotatable bonds is 8. The maximum Gasteiger partial charge on any atom is 0.176 e. The predicted octanol–water partition coefficient (Wildman–Crippen LogP) is 6.95. The molecule has 1 aliphatic heterocycles. The number of anilines is 1. The number of likely N-dealkylation sites (N-methyl/N-ethyl adjacent to an activating group) is 1. The summed E-state index contributed by atoms with van der Waals surface area (Å²) in [5, 5.41) is 32.6. The number of benzene rings is 4. The molecule has 0 aromatic heterocycles. The molecule has 1 fully saturated rings. The van der Waals surface area contributed by atoms with E-state index in [4.69, 9.17) is 12.2 Å². The van der Waals surface area contributed by atoms with Crippen LogP contribution in [-0.4, -0.2) is 38.4 Å². The van der Waals surface area contributed by atoms with Crippen molar-refractivity contribution in [3.05, 3.63) is 114 Å². The van der Waals surface area contributed by atoms with Gasteiger partial charge in [0.15, 0.2) is 5.11 Å². The first kappa shape index (κ1) is 26.7. The standard InChI is InChI=1S/C32H31FN2O3S/c1-34-28(11-6-12-29(37)21-13-16-24(33)17-14-21)31(35(32(34)39)25-8-3-2-4-9-25)27-18-15-23(20-30(27)38)22-7-5-10-26(36)19-22/h2-5,7-10,13-20,28-29,31,36-38H,6,11-12H2,1H3. The molecule has 0 spiro atoms. The Balaban J connectivity index is 1.44. The van der Waals surface area contributed by atoms with E-state index in [1.807, 2.05) is 55.6 Å². The van der Waals surface area contributed by atoms with Crippen LogP contribution in [0.1, 0.15) is 42.5 Å². The number of thiocarbonyl (C=S) groups is 1. The lowest BCUT2D eigenvalue weighted by Gasteiger charge is -2.29. The first-order chi connectivity index (χ1) is 18.8. The maximum atomic E-state index is 13.3. The van der Waals surface area contributed by atoms with Crippen molar-refractivity contribution in [3.63, 3.8) is 0 Å². The summed E-state index contributed by atoms with van der Waals surface area (Å²) in [4.78, 5) is 4.15. The molecule has 3 atom stereocenters. The van der Waals surface area contributed by atoms with Crippen LogP contribution in [0.4, 0.5) is 10.1 Å². The van der Waals surface area contributed by atoms with E-state index in [9.17, 15) is 19.7 Å². The van der Waals surface area contributed by atoms with E-state index in [1.165, 1.54) is 12.1 Å². The lowest BCUT2D eigenvalue weighted by Crippen LogP contribution is -2.30. The summed E-state index contributed by atoms with van der Waals surface area (Å²) in [6, 6.07) is 28.1. The SMILES string of the molecule is CN1C(=S)N(c2ccccc2)C(c2ccc(-c3cccc(O)c3)cc2O)C1CCCC(O)c1ccc(F)cc1. The van der Waals surface area contributed by atoms with Gasteiger partial charge in [0.1, 0.15) is 17.3 Å². The Morgan fingerprint density at radius 1 is 0.872 bits per heavy atom. The molecule has 0 amide bonds. The van der Waals surface area contributed by atoms with Crippen LogP contribution < -0.4 is 4.90 Å². The number of para-hydroxylation sites is 1. The zero-order valence-electron chi connectivity index (χ0n) is 21.6. The number of aromatic hydroxyl groups is 2. The van der Waals surface area contributed by atoms with Crippen molar-refractivity contribution in [2.24, 2.45) is 0 Å². The van der Waals surface area contributed by atoms with E-state index in [2.05, 4.69) is 9.80 Å². The van der Waals surface area contributed by atoms with Crippen LogP contribution in [0.15, 0.2) is 97.1 Å². The molecule has 39 heavy (non-hydrogen) atoms. The molecule has 5 rings (SSSR count). The number of phenolic OH excluding ortho intramolecular Hbond substituents is 2. The minimum Gasteiger partial charge on any atom is -0.508 e. The number of aliphatic hydroxyl groups excluding tert-OH is 1. The average Bonchev–Trinajstić information content (AvgIpc) is 3.18. The van der Waals surface area contributed by atoms with Crippen molar-refractivity contribution < 1.29 is 19.7 Å². The van der Waals surface area contributed by atoms with Crippen molar-refractivity contribution in [2.45, 2.75) is 37.5 Å². The van der Waals surface area contributed by atoms with Gasteiger partial charge in [-0.2, -0.15) is 0 Å². The Labute approximate surface area is 233 Å². The summed E-state index contributed by atoms with van der Waals surface area (Å²) >= 11 is 5.91. The molecule has 1 heterocycles. The minimum absolute atomic E-state index is 0.0596. The molecule has 0 bridgehead atoms. The summed E-state index contributed by atoms with van der Waals surface area (Å²) < 4.78 is 13.3. The van der Waals surface area contributed by atoms with Crippen molar-refractivity contribution in [2.75, 3.05) is 11.9 Å². The third-order valence-electron chi connectivity index (χ3n) is 7.44. The second-order valence-electron chi connectivity index (χ2n) is 9.93. The molecule has 0 saturated carbocycles. The quantitative estimate of drug-likeness (QED) is 0.209. The lowest BCUT2D eigenvalue weighted by atomic mass is 9.91. The van der Waals surface area contributed by atoms with E-state index in [0.717, 1.165) is 28.8 Å². The predicted molar refractivity (Wildman–Crippen MR) is 156 cm³/mol. The molecule has 3 N–H and O–H groups in total. The van der Waals surface area contributed by atoms with E-state index in [-0.39, 0.29) is 29.4 Å². The molecule has 4 aromatic carbocycles. The van der Waals surface area contributed by atoms with Crippen LogP contribution in [-0.2, 0) is 0 Å². The molecule has 7 heteroatoms. The Hall–Kier alpha value is -3.94. The van der Waals surface area contributed by atoms with Gasteiger partial charge in [0, 0.05) is 18.3 Å². The van der Waals surface area contributed by atoms with Gasteiger partial charge in [-0.25, -0.2) is 4.39 Å². The number of nitrogens with zero attached hydrogens (tertiary/aromatic N) is 2. The molecule has 5 nitrogen and oxygen atoms in total. The van der Waals surface area contributed by atoms with Crippen molar-refractivity contribution in [3.8, 4) is 22.6 Å². The summed E-state index contributed by atoms with van der Waals surface area (Å²) in [6.07, 6.45) is 1.25. The molecule has 0 aliphatic carbocycles. The van der Waals surface area contributed by atoms with Gasteiger partial charge in [-0.15, -0.1) is 0 Å². The number of aliphatic hydroxyl groups is 1. The zero-order valence-corrected chi connectivity index (χ0v) is 22.4. The van der Waals surface area contributed by atoms with Crippen LogP contribution in [0.3, 0.4) is 0 Å². The van der Waals surface area contributed by atoms with Crippen molar-refractivity contribution in [1.82, 2.24) is 4.90 Å². The number of hydrogen-bond donors (Lipinski definition) is 3. The van der Waals surface area contributed by atoms with Gasteiger partial charge in [-0.1, -0.05) is 54.6 Å². The molecule has 3 unspecified atom stereocenters. The Morgan fingerprint density at radius 2 is 1.59 bits per heavy atom. The number of hydrogen-bond acceptors (Lipinski definition) is 4. The van der Waals surface area contributed by atoms with Crippen LogP contribution in [0.25, 0.3) is 11.1 Å². The van der Waals surface area contributed by atoms with Gasteiger partial charge in [-0.3, -0.25) is 0 Å². The first-order valence-corrected chi connectivity index (χ1v) is 13.4. The van der Waals surface area contributed by atoms with E-state index in [1.54, 1.807) is 36.4 Å². The zero-order chi connectivity index (χ0) is 27.5. The number of phenols is 2. The van der Waals surface area contributed by atoms with Gasteiger partial charge in [0.2, 0.25) is 0 Å². The third-order valence-corrected chi connectivity index (χ3v) is 7.93. The van der Waals surface area contributed by atoms with E-state index < -0.39 is 6.10 Å². The highest BCUT2D eigenvalue weighted by Gasteiger charge is 2.43. The highest BCUT2D eigenvalue weighted by atomic mass is 32.1. The highest BCUT2D eigenvalue weighted by Crippen LogP contribution is 2.44. The molecule has 200 valence electrons. The molecule has 4 aromatic rings. The Morgan fingerprint density at radius 3 is 2.28 bits per heavy atom. The summed E-state index contributed by atoms with van der Waals surface area (Å²) in [5.74, 6) is -0.0148. The lowest BCUT2D eigenvalue weighted by molar-refractivity contribution is 0.159. The number of halogens is 1. The topological polar surface area (TPSA) is 67.2 Å². The molecule has 1 saturated heterocycles. The maximum absolute atomic E-state index is 13.3. The van der Waals surface area contributed by atoms with Gasteiger partial charge in [0.05, 0.1) is 18.2 Å². The molecule has 0 radical (unpaired) electrons. The van der Waals surface area contributed by atoms with Crippen LogP contribution >= 0.6 is 12.2 Å². The largest absolute Gasteiger partial charge is 0.508 e. The van der Waals surface area contributed by atoms with Crippen molar-refractivity contribution in [1.29, 1.82) is 0 Å². The van der Waals surface area contributed by atoms with Gasteiger partial charge < -0.3 is 25.1 Å².